The van der Waals surface area contributed by atoms with Crippen molar-refractivity contribution in [3.05, 3.63) is 29.8 Å². The molecule has 1 aromatic rings. The average Bonchev–Trinajstić information content (AvgIpc) is 2.26. The minimum absolute atomic E-state index is 0.200. The molecule has 1 aromatic carbocycles. The highest BCUT2D eigenvalue weighted by Gasteiger charge is 2.16. The summed E-state index contributed by atoms with van der Waals surface area (Å²) in [5, 5.41) is 0. The summed E-state index contributed by atoms with van der Waals surface area (Å²) in [6, 6.07) is 8.27. The highest BCUT2D eigenvalue weighted by atomic mass is 16.5. The number of methoxy groups -OCH3 is 1. The molecule has 78 valence electrons. The van der Waals surface area contributed by atoms with E-state index in [9.17, 15) is 0 Å². The van der Waals surface area contributed by atoms with Crippen LogP contribution in [0.4, 0.5) is 0 Å². The van der Waals surface area contributed by atoms with Crippen LogP contribution in [-0.2, 0) is 0 Å². The van der Waals surface area contributed by atoms with Gasteiger partial charge in [0.25, 0.3) is 0 Å². The third-order valence-corrected chi connectivity index (χ3v) is 2.74. The first-order chi connectivity index (χ1) is 6.70. The fraction of sp³-hybridized carbons (Fsp3) is 0.500. The van der Waals surface area contributed by atoms with E-state index in [-0.39, 0.29) is 6.04 Å². The molecule has 0 aromatic heterocycles. The third-order valence-electron chi connectivity index (χ3n) is 2.74. The zero-order valence-electron chi connectivity index (χ0n) is 9.16. The quantitative estimate of drug-likeness (QED) is 0.797. The second kappa shape index (κ2) is 5.01. The molecule has 0 aliphatic heterocycles. The van der Waals surface area contributed by atoms with Crippen LogP contribution in [0.15, 0.2) is 24.3 Å². The van der Waals surface area contributed by atoms with Gasteiger partial charge < -0.3 is 10.5 Å². The summed E-state index contributed by atoms with van der Waals surface area (Å²) < 4.78 is 5.31. The van der Waals surface area contributed by atoms with E-state index in [0.29, 0.717) is 5.92 Å². The van der Waals surface area contributed by atoms with Crippen molar-refractivity contribution in [3.8, 4) is 5.75 Å². The monoisotopic (exact) mass is 193 g/mol. The van der Waals surface area contributed by atoms with Gasteiger partial charge in [0.1, 0.15) is 5.75 Å². The molecule has 0 saturated carbocycles. The minimum Gasteiger partial charge on any atom is -0.496 e. The molecule has 2 unspecified atom stereocenters. The normalized spacial score (nSPS) is 14.9. The van der Waals surface area contributed by atoms with E-state index in [2.05, 4.69) is 19.9 Å². The highest BCUT2D eigenvalue weighted by Crippen LogP contribution is 2.28. The van der Waals surface area contributed by atoms with Gasteiger partial charge in [-0.3, -0.25) is 0 Å². The third kappa shape index (κ3) is 2.26. The molecule has 0 saturated heterocycles. The van der Waals surface area contributed by atoms with Gasteiger partial charge in [-0.25, -0.2) is 0 Å². The summed E-state index contributed by atoms with van der Waals surface area (Å²) in [7, 11) is 1.70. The number of hydrogen-bond acceptors (Lipinski definition) is 2. The molecule has 0 spiro atoms. The van der Waals surface area contributed by atoms with Gasteiger partial charge >= 0.3 is 0 Å². The van der Waals surface area contributed by atoms with E-state index in [1.54, 1.807) is 7.11 Å². The fourth-order valence-electron chi connectivity index (χ4n) is 1.63. The molecule has 0 radical (unpaired) electrons. The molecule has 1 rings (SSSR count). The van der Waals surface area contributed by atoms with E-state index in [1.807, 2.05) is 18.2 Å². The van der Waals surface area contributed by atoms with Crippen molar-refractivity contribution >= 4 is 0 Å². The van der Waals surface area contributed by atoms with Gasteiger partial charge in [-0.1, -0.05) is 32.0 Å². The van der Waals surface area contributed by atoms with E-state index in [0.717, 1.165) is 12.2 Å². The van der Waals surface area contributed by atoms with Crippen LogP contribution in [0.5, 0.6) is 5.75 Å². The molecule has 0 amide bonds. The van der Waals surface area contributed by atoms with Crippen molar-refractivity contribution in [1.82, 2.24) is 0 Å². The molecule has 0 fully saturated rings. The number of para-hydroxylation sites is 1. The average molecular weight is 193 g/mol. The predicted octanol–water partition coefficient (Wildman–Crippen LogP) is 2.54. The molecular weight excluding hydrogens is 174 g/mol. The van der Waals surface area contributed by atoms with Crippen molar-refractivity contribution in [1.29, 1.82) is 0 Å². The summed E-state index contributed by atoms with van der Waals surface area (Å²) in [6.45, 7) is 4.25. The van der Waals surface area contributed by atoms with E-state index in [4.69, 9.17) is 10.5 Å². The molecule has 2 heteroatoms. The van der Waals surface area contributed by atoms with Crippen LogP contribution in [0.1, 0.15) is 31.7 Å². The molecule has 14 heavy (non-hydrogen) atoms. The molecular formula is C12H19NO. The predicted molar refractivity (Wildman–Crippen MR) is 59.7 cm³/mol. The van der Waals surface area contributed by atoms with Gasteiger partial charge in [0, 0.05) is 6.04 Å². The number of nitrogens with two attached hydrogens (primary N) is 1. The Bertz CT molecular complexity index is 285. The molecule has 2 nitrogen and oxygen atoms in total. The lowest BCUT2D eigenvalue weighted by Gasteiger charge is -2.20. The number of benzene rings is 1. The topological polar surface area (TPSA) is 35.2 Å². The molecule has 2 N–H and O–H groups in total. The molecule has 0 heterocycles. The molecule has 0 aliphatic carbocycles. The summed E-state index contributed by atoms with van der Waals surface area (Å²) in [5.41, 5.74) is 7.22. The second-order valence-corrected chi connectivity index (χ2v) is 3.60. The van der Waals surface area contributed by atoms with Gasteiger partial charge in [0.2, 0.25) is 0 Å². The number of ether oxygens (including phenoxy) is 1. The SMILES string of the molecule is CCC(N)C(C)c1ccccc1OC. The largest absolute Gasteiger partial charge is 0.496 e. The maximum Gasteiger partial charge on any atom is 0.122 e. The summed E-state index contributed by atoms with van der Waals surface area (Å²) in [5.74, 6) is 1.28. The number of hydrogen-bond donors (Lipinski definition) is 1. The zero-order chi connectivity index (χ0) is 10.6. The van der Waals surface area contributed by atoms with Crippen molar-refractivity contribution in [2.75, 3.05) is 7.11 Å². The van der Waals surface area contributed by atoms with E-state index in [1.165, 1.54) is 5.56 Å². The minimum atomic E-state index is 0.200. The van der Waals surface area contributed by atoms with Gasteiger partial charge in [-0.2, -0.15) is 0 Å². The van der Waals surface area contributed by atoms with Crippen LogP contribution in [0.3, 0.4) is 0 Å². The maximum atomic E-state index is 6.02. The Labute approximate surface area is 86.1 Å². The van der Waals surface area contributed by atoms with E-state index < -0.39 is 0 Å². The smallest absolute Gasteiger partial charge is 0.122 e. The van der Waals surface area contributed by atoms with E-state index >= 15 is 0 Å². The van der Waals surface area contributed by atoms with Gasteiger partial charge in [-0.05, 0) is 24.0 Å². The lowest BCUT2D eigenvalue weighted by atomic mass is 9.92. The lowest BCUT2D eigenvalue weighted by molar-refractivity contribution is 0.401. The van der Waals surface area contributed by atoms with Crippen molar-refractivity contribution < 1.29 is 4.74 Å². The van der Waals surface area contributed by atoms with Crippen molar-refractivity contribution in [2.45, 2.75) is 32.2 Å². The first-order valence-electron chi connectivity index (χ1n) is 5.09. The molecule has 0 bridgehead atoms. The molecule has 2 atom stereocenters. The molecule has 0 aliphatic rings. The summed E-state index contributed by atoms with van der Waals surface area (Å²) in [4.78, 5) is 0. The van der Waals surface area contributed by atoms with Crippen LogP contribution >= 0.6 is 0 Å². The first kappa shape index (κ1) is 11.1. The van der Waals surface area contributed by atoms with Crippen LogP contribution in [-0.4, -0.2) is 13.2 Å². The lowest BCUT2D eigenvalue weighted by Crippen LogP contribution is -2.25. The van der Waals surface area contributed by atoms with Gasteiger partial charge in [0.05, 0.1) is 7.11 Å². The first-order valence-corrected chi connectivity index (χ1v) is 5.09. The zero-order valence-corrected chi connectivity index (χ0v) is 9.16. The van der Waals surface area contributed by atoms with Crippen LogP contribution in [0, 0.1) is 0 Å². The Hall–Kier alpha value is -1.02. The summed E-state index contributed by atoms with van der Waals surface area (Å²) >= 11 is 0. The van der Waals surface area contributed by atoms with Crippen LogP contribution in [0.25, 0.3) is 0 Å². The Morgan fingerprint density at radius 2 is 2.00 bits per heavy atom. The number of rotatable bonds is 4. The van der Waals surface area contributed by atoms with Crippen molar-refractivity contribution in [3.63, 3.8) is 0 Å². The Kier molecular flexibility index (Phi) is 3.96. The van der Waals surface area contributed by atoms with Crippen LogP contribution in [0.2, 0.25) is 0 Å². The Balaban J connectivity index is 2.93. The van der Waals surface area contributed by atoms with Gasteiger partial charge in [-0.15, -0.1) is 0 Å². The second-order valence-electron chi connectivity index (χ2n) is 3.60. The van der Waals surface area contributed by atoms with Crippen LogP contribution < -0.4 is 10.5 Å². The highest BCUT2D eigenvalue weighted by molar-refractivity contribution is 5.36. The fourth-order valence-corrected chi connectivity index (χ4v) is 1.63. The Morgan fingerprint density at radius 3 is 2.57 bits per heavy atom. The maximum absolute atomic E-state index is 6.02. The standard InChI is InChI=1S/C12H19NO/c1-4-11(13)9(2)10-7-5-6-8-12(10)14-3/h5-9,11H,4,13H2,1-3H3. The van der Waals surface area contributed by atoms with Gasteiger partial charge in [0.15, 0.2) is 0 Å². The Morgan fingerprint density at radius 1 is 1.36 bits per heavy atom. The van der Waals surface area contributed by atoms with Crippen molar-refractivity contribution in [2.24, 2.45) is 5.73 Å². The summed E-state index contributed by atoms with van der Waals surface area (Å²) in [6.07, 6.45) is 0.985.